The number of hydrogen-bond donors (Lipinski definition) is 1. The van der Waals surface area contributed by atoms with E-state index in [9.17, 15) is 13.2 Å². The predicted molar refractivity (Wildman–Crippen MR) is 103 cm³/mol. The largest absolute Gasteiger partial charge is 0.496 e. The Labute approximate surface area is 160 Å². The molecule has 1 fully saturated rings. The Morgan fingerprint density at radius 2 is 1.81 bits per heavy atom. The lowest BCUT2D eigenvalue weighted by Gasteiger charge is -2.26. The van der Waals surface area contributed by atoms with E-state index in [1.54, 1.807) is 25.3 Å². The number of piperidine rings is 1. The maximum atomic E-state index is 12.8. The van der Waals surface area contributed by atoms with E-state index in [-0.39, 0.29) is 10.8 Å². The van der Waals surface area contributed by atoms with Crippen LogP contribution < -0.4 is 10.1 Å². The van der Waals surface area contributed by atoms with Gasteiger partial charge < -0.3 is 10.1 Å². The number of benzene rings is 2. The average Bonchev–Trinajstić information content (AvgIpc) is 2.73. The zero-order valence-electron chi connectivity index (χ0n) is 15.3. The van der Waals surface area contributed by atoms with Crippen molar-refractivity contribution >= 4 is 15.9 Å². The molecule has 0 unspecified atom stereocenters. The summed E-state index contributed by atoms with van der Waals surface area (Å²) >= 11 is 0. The average molecular weight is 388 g/mol. The van der Waals surface area contributed by atoms with Crippen molar-refractivity contribution in [2.45, 2.75) is 30.7 Å². The van der Waals surface area contributed by atoms with Gasteiger partial charge in [0.15, 0.2) is 0 Å². The number of nitrogens with zero attached hydrogens (tertiary/aromatic N) is 1. The van der Waals surface area contributed by atoms with E-state index in [1.807, 2.05) is 24.3 Å². The van der Waals surface area contributed by atoms with Gasteiger partial charge in [-0.1, -0.05) is 30.7 Å². The standard InChI is InChI=1S/C20H24N2O4S/c1-26-19-11-4-3-8-17(19)15-21-20(23)16-9-7-10-18(14-16)27(24,25)22-12-5-2-6-13-22/h3-4,7-11,14H,2,5-6,12-13,15H2,1H3,(H,21,23). The highest BCUT2D eigenvalue weighted by Gasteiger charge is 2.26. The third kappa shape index (κ3) is 4.48. The molecule has 0 saturated carbocycles. The second kappa shape index (κ2) is 8.54. The molecule has 0 aliphatic carbocycles. The second-order valence-corrected chi connectivity index (χ2v) is 8.43. The Morgan fingerprint density at radius 1 is 1.07 bits per heavy atom. The van der Waals surface area contributed by atoms with Gasteiger partial charge in [0.25, 0.3) is 5.91 Å². The van der Waals surface area contributed by atoms with Crippen molar-refractivity contribution in [3.8, 4) is 5.75 Å². The van der Waals surface area contributed by atoms with E-state index in [1.165, 1.54) is 10.4 Å². The van der Waals surface area contributed by atoms with Crippen LogP contribution >= 0.6 is 0 Å². The lowest BCUT2D eigenvalue weighted by molar-refractivity contribution is 0.0950. The van der Waals surface area contributed by atoms with Gasteiger partial charge in [-0.2, -0.15) is 4.31 Å². The summed E-state index contributed by atoms with van der Waals surface area (Å²) in [5, 5.41) is 2.82. The van der Waals surface area contributed by atoms with Gasteiger partial charge in [0.05, 0.1) is 12.0 Å². The molecular formula is C20H24N2O4S. The molecule has 1 aliphatic rings. The van der Waals surface area contributed by atoms with Crippen LogP contribution in [0.3, 0.4) is 0 Å². The smallest absolute Gasteiger partial charge is 0.251 e. The number of amides is 1. The van der Waals surface area contributed by atoms with Crippen LogP contribution in [0.25, 0.3) is 0 Å². The first-order valence-corrected chi connectivity index (χ1v) is 10.5. The molecule has 0 atom stereocenters. The van der Waals surface area contributed by atoms with Crippen molar-refractivity contribution in [1.29, 1.82) is 0 Å². The Hall–Kier alpha value is -2.38. The molecule has 1 amide bonds. The monoisotopic (exact) mass is 388 g/mol. The summed E-state index contributed by atoms with van der Waals surface area (Å²) in [6, 6.07) is 13.6. The zero-order chi connectivity index (χ0) is 19.3. The molecule has 0 spiro atoms. The van der Waals surface area contributed by atoms with Crippen molar-refractivity contribution in [1.82, 2.24) is 9.62 Å². The lowest BCUT2D eigenvalue weighted by Crippen LogP contribution is -2.35. The van der Waals surface area contributed by atoms with Crippen LogP contribution in [0, 0.1) is 0 Å². The minimum Gasteiger partial charge on any atom is -0.496 e. The van der Waals surface area contributed by atoms with Crippen LogP contribution in [-0.2, 0) is 16.6 Å². The molecule has 0 aromatic heterocycles. The van der Waals surface area contributed by atoms with Crippen molar-refractivity contribution in [3.05, 3.63) is 59.7 Å². The van der Waals surface area contributed by atoms with E-state index in [4.69, 9.17) is 4.74 Å². The summed E-state index contributed by atoms with van der Waals surface area (Å²) in [6.45, 7) is 1.37. The highest BCUT2D eigenvalue weighted by molar-refractivity contribution is 7.89. The highest BCUT2D eigenvalue weighted by Crippen LogP contribution is 2.22. The topological polar surface area (TPSA) is 75.7 Å². The third-order valence-electron chi connectivity index (χ3n) is 4.68. The van der Waals surface area contributed by atoms with E-state index in [0.29, 0.717) is 30.9 Å². The Bertz CT molecular complexity index is 906. The first kappa shape index (κ1) is 19.4. The fourth-order valence-corrected chi connectivity index (χ4v) is 4.74. The summed E-state index contributed by atoms with van der Waals surface area (Å²) < 4.78 is 32.4. The van der Waals surface area contributed by atoms with E-state index in [0.717, 1.165) is 24.8 Å². The summed E-state index contributed by atoms with van der Waals surface area (Å²) in [7, 11) is -1.98. The van der Waals surface area contributed by atoms with Crippen molar-refractivity contribution in [3.63, 3.8) is 0 Å². The number of para-hydroxylation sites is 1. The summed E-state index contributed by atoms with van der Waals surface area (Å²) in [6.07, 6.45) is 2.80. The van der Waals surface area contributed by atoms with Crippen LogP contribution in [-0.4, -0.2) is 38.8 Å². The highest BCUT2D eigenvalue weighted by atomic mass is 32.2. The molecule has 1 saturated heterocycles. The predicted octanol–water partition coefficient (Wildman–Crippen LogP) is 2.80. The summed E-state index contributed by atoms with van der Waals surface area (Å²) in [5.74, 6) is 0.371. The van der Waals surface area contributed by atoms with Crippen molar-refractivity contribution in [2.75, 3.05) is 20.2 Å². The zero-order valence-corrected chi connectivity index (χ0v) is 16.2. The van der Waals surface area contributed by atoms with Crippen molar-refractivity contribution < 1.29 is 17.9 Å². The van der Waals surface area contributed by atoms with Crippen LogP contribution in [0.1, 0.15) is 35.2 Å². The van der Waals surface area contributed by atoms with Gasteiger partial charge in [-0.15, -0.1) is 0 Å². The molecule has 6 nitrogen and oxygen atoms in total. The van der Waals surface area contributed by atoms with E-state index < -0.39 is 10.0 Å². The SMILES string of the molecule is COc1ccccc1CNC(=O)c1cccc(S(=O)(=O)N2CCCCC2)c1. The van der Waals surface area contributed by atoms with Crippen LogP contribution in [0.2, 0.25) is 0 Å². The first-order valence-electron chi connectivity index (χ1n) is 9.02. The van der Waals surface area contributed by atoms with Gasteiger partial charge in [0.2, 0.25) is 10.0 Å². The normalized spacial score (nSPS) is 15.3. The minimum atomic E-state index is -3.56. The van der Waals surface area contributed by atoms with Crippen molar-refractivity contribution in [2.24, 2.45) is 0 Å². The number of methoxy groups -OCH3 is 1. The van der Waals surface area contributed by atoms with Gasteiger partial charge in [-0.05, 0) is 37.1 Å². The molecule has 3 rings (SSSR count). The molecule has 144 valence electrons. The maximum Gasteiger partial charge on any atom is 0.251 e. The van der Waals surface area contributed by atoms with Gasteiger partial charge in [-0.25, -0.2) is 8.42 Å². The summed E-state index contributed by atoms with van der Waals surface area (Å²) in [5.41, 5.74) is 1.17. The Balaban J connectivity index is 1.73. The molecule has 2 aromatic rings. The molecule has 27 heavy (non-hydrogen) atoms. The van der Waals surface area contributed by atoms with Crippen LogP contribution in [0.15, 0.2) is 53.4 Å². The van der Waals surface area contributed by atoms with Gasteiger partial charge >= 0.3 is 0 Å². The maximum absolute atomic E-state index is 12.8. The fourth-order valence-electron chi connectivity index (χ4n) is 3.18. The van der Waals surface area contributed by atoms with Crippen LogP contribution in [0.4, 0.5) is 0 Å². The molecule has 2 aromatic carbocycles. The van der Waals surface area contributed by atoms with E-state index >= 15 is 0 Å². The molecule has 1 N–H and O–H groups in total. The number of nitrogens with one attached hydrogen (secondary N) is 1. The molecule has 1 aliphatic heterocycles. The Morgan fingerprint density at radius 3 is 2.56 bits per heavy atom. The minimum absolute atomic E-state index is 0.161. The fraction of sp³-hybridized carbons (Fsp3) is 0.350. The quantitative estimate of drug-likeness (QED) is 0.826. The number of carbonyl (C=O) groups excluding carboxylic acids is 1. The number of rotatable bonds is 6. The number of sulfonamides is 1. The third-order valence-corrected chi connectivity index (χ3v) is 6.58. The number of ether oxygens (including phenoxy) is 1. The lowest BCUT2D eigenvalue weighted by atomic mass is 10.2. The Kier molecular flexibility index (Phi) is 6.13. The molecule has 7 heteroatoms. The molecule has 1 heterocycles. The van der Waals surface area contributed by atoms with Crippen LogP contribution in [0.5, 0.6) is 5.75 Å². The summed E-state index contributed by atoms with van der Waals surface area (Å²) in [4.78, 5) is 12.7. The molecular weight excluding hydrogens is 364 g/mol. The first-order chi connectivity index (χ1) is 13.0. The van der Waals surface area contributed by atoms with E-state index in [2.05, 4.69) is 5.32 Å². The van der Waals surface area contributed by atoms with Gasteiger partial charge in [0, 0.05) is 30.8 Å². The molecule has 0 bridgehead atoms. The van der Waals surface area contributed by atoms with Gasteiger partial charge in [-0.3, -0.25) is 4.79 Å². The number of hydrogen-bond acceptors (Lipinski definition) is 4. The second-order valence-electron chi connectivity index (χ2n) is 6.49. The molecule has 0 radical (unpaired) electrons. The van der Waals surface area contributed by atoms with Gasteiger partial charge in [0.1, 0.15) is 5.75 Å². The number of carbonyl (C=O) groups is 1.